The lowest BCUT2D eigenvalue weighted by Crippen LogP contribution is -2.57. The fraction of sp³-hybridized carbons (Fsp3) is 0.529. The van der Waals surface area contributed by atoms with Crippen molar-refractivity contribution in [1.29, 1.82) is 0 Å². The Hall–Kier alpha value is -1.70. The second-order valence-electron chi connectivity index (χ2n) is 6.29. The SMILES string of the molecule is CC(Cc1cccc(C(F)(F)F)c1)C(=O)NC1(C(=O)O)CCSCC1. The lowest BCUT2D eigenvalue weighted by molar-refractivity contribution is -0.148. The molecule has 1 aliphatic rings. The van der Waals surface area contributed by atoms with Crippen LogP contribution in [0.2, 0.25) is 0 Å². The van der Waals surface area contributed by atoms with Crippen LogP contribution in [0.4, 0.5) is 13.2 Å². The molecule has 1 heterocycles. The molecule has 0 aromatic heterocycles. The number of hydrogen-bond acceptors (Lipinski definition) is 3. The van der Waals surface area contributed by atoms with E-state index in [1.165, 1.54) is 12.1 Å². The number of halogens is 3. The number of rotatable bonds is 5. The summed E-state index contributed by atoms with van der Waals surface area (Å²) in [6.07, 6.45) is -3.64. The van der Waals surface area contributed by atoms with Gasteiger partial charge in [0.15, 0.2) is 0 Å². The van der Waals surface area contributed by atoms with Crippen LogP contribution in [0.5, 0.6) is 0 Å². The van der Waals surface area contributed by atoms with Crippen molar-refractivity contribution in [3.05, 3.63) is 35.4 Å². The molecular weight excluding hydrogens is 355 g/mol. The maximum absolute atomic E-state index is 12.8. The first kappa shape index (κ1) is 19.6. The Balaban J connectivity index is 2.06. The summed E-state index contributed by atoms with van der Waals surface area (Å²) < 4.78 is 38.3. The third kappa shape index (κ3) is 4.90. The van der Waals surface area contributed by atoms with Crippen molar-refractivity contribution in [3.63, 3.8) is 0 Å². The average molecular weight is 375 g/mol. The van der Waals surface area contributed by atoms with Gasteiger partial charge in [0.05, 0.1) is 5.56 Å². The van der Waals surface area contributed by atoms with Gasteiger partial charge in [-0.3, -0.25) is 4.79 Å². The number of aliphatic carboxylic acids is 1. The molecule has 1 aliphatic heterocycles. The Morgan fingerprint density at radius 1 is 1.32 bits per heavy atom. The zero-order chi connectivity index (χ0) is 18.7. The monoisotopic (exact) mass is 375 g/mol. The van der Waals surface area contributed by atoms with Crippen molar-refractivity contribution in [2.24, 2.45) is 5.92 Å². The number of benzene rings is 1. The summed E-state index contributed by atoms with van der Waals surface area (Å²) in [6.45, 7) is 1.59. The molecule has 1 unspecified atom stereocenters. The molecule has 138 valence electrons. The van der Waals surface area contributed by atoms with Crippen molar-refractivity contribution in [3.8, 4) is 0 Å². The molecular formula is C17H20F3NO3S. The summed E-state index contributed by atoms with van der Waals surface area (Å²) in [6, 6.07) is 4.84. The van der Waals surface area contributed by atoms with Crippen LogP contribution in [0.15, 0.2) is 24.3 Å². The molecule has 0 aliphatic carbocycles. The number of carboxylic acid groups (broad SMARTS) is 1. The lowest BCUT2D eigenvalue weighted by atomic mass is 9.90. The van der Waals surface area contributed by atoms with Gasteiger partial charge in [-0.15, -0.1) is 0 Å². The summed E-state index contributed by atoms with van der Waals surface area (Å²) in [4.78, 5) is 24.0. The number of amides is 1. The van der Waals surface area contributed by atoms with E-state index in [0.717, 1.165) is 12.1 Å². The maximum atomic E-state index is 12.8. The van der Waals surface area contributed by atoms with Gasteiger partial charge in [0, 0.05) is 5.92 Å². The minimum atomic E-state index is -4.44. The Labute approximate surface area is 148 Å². The van der Waals surface area contributed by atoms with Crippen molar-refractivity contribution in [2.75, 3.05) is 11.5 Å². The molecule has 1 aromatic carbocycles. The highest BCUT2D eigenvalue weighted by molar-refractivity contribution is 7.99. The van der Waals surface area contributed by atoms with Crippen molar-refractivity contribution in [2.45, 2.75) is 37.9 Å². The lowest BCUT2D eigenvalue weighted by Gasteiger charge is -2.34. The molecule has 1 amide bonds. The highest BCUT2D eigenvalue weighted by Gasteiger charge is 2.42. The second kappa shape index (κ2) is 7.68. The molecule has 0 bridgehead atoms. The number of carbonyl (C=O) groups excluding carboxylic acids is 1. The zero-order valence-electron chi connectivity index (χ0n) is 13.7. The molecule has 1 saturated heterocycles. The van der Waals surface area contributed by atoms with E-state index in [-0.39, 0.29) is 6.42 Å². The van der Waals surface area contributed by atoms with E-state index >= 15 is 0 Å². The van der Waals surface area contributed by atoms with Crippen LogP contribution in [0, 0.1) is 5.92 Å². The number of hydrogen-bond donors (Lipinski definition) is 2. The molecule has 2 rings (SSSR count). The third-order valence-corrected chi connectivity index (χ3v) is 5.35. The van der Waals surface area contributed by atoms with E-state index in [0.29, 0.717) is 29.9 Å². The minimum Gasteiger partial charge on any atom is -0.480 e. The average Bonchev–Trinajstić information content (AvgIpc) is 2.55. The van der Waals surface area contributed by atoms with Crippen LogP contribution >= 0.6 is 11.8 Å². The maximum Gasteiger partial charge on any atom is 0.416 e. The molecule has 8 heteroatoms. The smallest absolute Gasteiger partial charge is 0.416 e. The molecule has 0 radical (unpaired) electrons. The van der Waals surface area contributed by atoms with Crippen LogP contribution < -0.4 is 5.32 Å². The predicted octanol–water partition coefficient (Wildman–Crippen LogP) is 3.35. The standard InChI is InChI=1S/C17H20F3NO3S/c1-11(9-12-3-2-4-13(10-12)17(18,19)20)14(22)21-16(15(23)24)5-7-25-8-6-16/h2-4,10-11H,5-9H2,1H3,(H,21,22)(H,23,24). The van der Waals surface area contributed by atoms with Gasteiger partial charge in [-0.05, 0) is 42.4 Å². The number of carbonyl (C=O) groups is 2. The summed E-state index contributed by atoms with van der Waals surface area (Å²) >= 11 is 1.64. The Morgan fingerprint density at radius 3 is 2.52 bits per heavy atom. The highest BCUT2D eigenvalue weighted by atomic mass is 32.2. The van der Waals surface area contributed by atoms with Gasteiger partial charge in [-0.25, -0.2) is 4.79 Å². The second-order valence-corrected chi connectivity index (χ2v) is 7.52. The van der Waals surface area contributed by atoms with E-state index in [4.69, 9.17) is 0 Å². The minimum absolute atomic E-state index is 0.111. The number of thioether (sulfide) groups is 1. The molecule has 1 atom stereocenters. The van der Waals surface area contributed by atoms with Crippen molar-refractivity contribution in [1.82, 2.24) is 5.32 Å². The summed E-state index contributed by atoms with van der Waals surface area (Å²) in [5.74, 6) is -0.850. The largest absolute Gasteiger partial charge is 0.480 e. The molecule has 0 saturated carbocycles. The first-order chi connectivity index (χ1) is 11.6. The Kier molecular flexibility index (Phi) is 6.03. The van der Waals surface area contributed by atoms with Crippen molar-refractivity contribution < 1.29 is 27.9 Å². The summed E-state index contributed by atoms with van der Waals surface area (Å²) in [7, 11) is 0. The van der Waals surface area contributed by atoms with Gasteiger partial charge in [0.1, 0.15) is 5.54 Å². The van der Waals surface area contributed by atoms with Crippen molar-refractivity contribution >= 4 is 23.6 Å². The van der Waals surface area contributed by atoms with Gasteiger partial charge < -0.3 is 10.4 Å². The molecule has 25 heavy (non-hydrogen) atoms. The molecule has 0 spiro atoms. The van der Waals surface area contributed by atoms with Crippen LogP contribution in [-0.4, -0.2) is 34.0 Å². The van der Waals surface area contributed by atoms with E-state index in [9.17, 15) is 27.9 Å². The fourth-order valence-electron chi connectivity index (χ4n) is 2.79. The number of carboxylic acids is 1. The fourth-order valence-corrected chi connectivity index (χ4v) is 3.98. The van der Waals surface area contributed by atoms with E-state index < -0.39 is 35.1 Å². The first-order valence-electron chi connectivity index (χ1n) is 7.93. The molecule has 2 N–H and O–H groups in total. The van der Waals surface area contributed by atoms with Crippen LogP contribution in [0.25, 0.3) is 0 Å². The number of alkyl halides is 3. The Bertz CT molecular complexity index is 642. The van der Waals surface area contributed by atoms with E-state index in [1.807, 2.05) is 0 Å². The highest BCUT2D eigenvalue weighted by Crippen LogP contribution is 2.30. The normalized spacial score (nSPS) is 18.4. The first-order valence-corrected chi connectivity index (χ1v) is 9.09. The molecule has 4 nitrogen and oxygen atoms in total. The molecule has 1 fully saturated rings. The molecule has 1 aromatic rings. The number of nitrogens with one attached hydrogen (secondary N) is 1. The van der Waals surface area contributed by atoms with Gasteiger partial charge >= 0.3 is 12.1 Å². The summed E-state index contributed by atoms with van der Waals surface area (Å²) in [5, 5.41) is 12.1. The zero-order valence-corrected chi connectivity index (χ0v) is 14.5. The third-order valence-electron chi connectivity index (χ3n) is 4.36. The quantitative estimate of drug-likeness (QED) is 0.828. The van der Waals surface area contributed by atoms with Crippen LogP contribution in [0.3, 0.4) is 0 Å². The Morgan fingerprint density at radius 2 is 1.96 bits per heavy atom. The van der Waals surface area contributed by atoms with E-state index in [2.05, 4.69) is 5.32 Å². The van der Waals surface area contributed by atoms with Crippen LogP contribution in [-0.2, 0) is 22.2 Å². The predicted molar refractivity (Wildman–Crippen MR) is 89.4 cm³/mol. The van der Waals surface area contributed by atoms with E-state index in [1.54, 1.807) is 18.7 Å². The van der Waals surface area contributed by atoms with Gasteiger partial charge in [-0.1, -0.05) is 25.1 Å². The van der Waals surface area contributed by atoms with Gasteiger partial charge in [-0.2, -0.15) is 24.9 Å². The summed E-state index contributed by atoms with van der Waals surface area (Å²) in [5.41, 5.74) is -1.64. The van der Waals surface area contributed by atoms with Gasteiger partial charge in [0.25, 0.3) is 0 Å². The topological polar surface area (TPSA) is 66.4 Å². The van der Waals surface area contributed by atoms with Gasteiger partial charge in [0.2, 0.25) is 5.91 Å². The van der Waals surface area contributed by atoms with Crippen LogP contribution in [0.1, 0.15) is 30.9 Å².